The van der Waals surface area contributed by atoms with E-state index in [1.807, 2.05) is 20.8 Å². The molecule has 0 amide bonds. The molecule has 13 unspecified atom stereocenters. The fourth-order valence-electron chi connectivity index (χ4n) is 12.6. The van der Waals surface area contributed by atoms with Crippen LogP contribution in [0.3, 0.4) is 0 Å². The number of fused-ring (bicyclic) bond motifs is 5. The van der Waals surface area contributed by atoms with Crippen molar-refractivity contribution in [3.05, 3.63) is 12.2 Å². The summed E-state index contributed by atoms with van der Waals surface area (Å²) < 4.78 is 75.6. The van der Waals surface area contributed by atoms with Gasteiger partial charge in [-0.05, 0) is 72.5 Å². The summed E-state index contributed by atoms with van der Waals surface area (Å²) >= 11 is 0. The van der Waals surface area contributed by atoms with Gasteiger partial charge < -0.3 is 73.8 Å². The molecule has 0 bridgehead atoms. The highest BCUT2D eigenvalue weighted by Crippen LogP contribution is 2.70. The van der Waals surface area contributed by atoms with Gasteiger partial charge in [0.15, 0.2) is 12.6 Å². The van der Waals surface area contributed by atoms with Gasteiger partial charge in [0.05, 0.1) is 49.8 Å². The van der Waals surface area contributed by atoms with E-state index < -0.39 is 131 Å². The van der Waals surface area contributed by atoms with Crippen LogP contribution < -0.4 is 0 Å². The molecule has 0 aromatic rings. The van der Waals surface area contributed by atoms with Crippen LogP contribution in [-0.4, -0.2) is 173 Å². The second-order valence-electron chi connectivity index (χ2n) is 19.2. The number of aliphatic hydroxyl groups excluding tert-OH is 7. The van der Waals surface area contributed by atoms with Crippen LogP contribution in [0.25, 0.3) is 0 Å². The number of allylic oxidation sites excluding steroid dienone is 2. The van der Waals surface area contributed by atoms with Gasteiger partial charge in [-0.15, -0.1) is 0 Å². The Kier molecular flexibility index (Phi) is 15.0. The van der Waals surface area contributed by atoms with Crippen LogP contribution in [-0.2, 0) is 43.0 Å². The van der Waals surface area contributed by atoms with Gasteiger partial charge in [0.2, 0.25) is 10.4 Å². The van der Waals surface area contributed by atoms with E-state index >= 15 is 0 Å². The summed E-state index contributed by atoms with van der Waals surface area (Å²) in [6, 6.07) is 0. The number of hydrogen-bond donors (Lipinski definition) is 8. The average molecular weight is 882 g/mol. The van der Waals surface area contributed by atoms with Crippen molar-refractivity contribution < 1.29 is 86.4 Å². The monoisotopic (exact) mass is 881 g/mol. The van der Waals surface area contributed by atoms with E-state index in [2.05, 4.69) is 26.0 Å². The summed E-state index contributed by atoms with van der Waals surface area (Å²) in [5, 5.41) is 88.3. The molecule has 23 atom stereocenters. The standard InChI is InChI=1S/C41H70O18S/c1-19(21(3)17-55-38-35(32(48)33(57-38)25(45)16-42)58-37-34(54-7)31(47)27(53-6)18-56-37)8-9-20(2)22-14-24(44)36-39(22,4)13-11-28-40(5)12-10-23(43)30(46)29(40)26(15-41(28,36)49)59-60(50,51)52/h8-9,19-38,42-49H,10-18H2,1-7H3,(H,50,51,52)/p-1/b9-8+/t19-,20?,21-,22-,23+,24-,25-,26?,27?,28?,29?,30+,31?,32?,33?,34?,35?,36?,37?,38?,39-,40-,41+/m1/s1. The van der Waals surface area contributed by atoms with Crippen molar-refractivity contribution in [3.63, 3.8) is 0 Å². The number of hydrogen-bond acceptors (Lipinski definition) is 18. The molecule has 348 valence electrons. The molecule has 0 aromatic heterocycles. The number of rotatable bonds is 15. The first-order chi connectivity index (χ1) is 28.1. The Morgan fingerprint density at radius 2 is 1.57 bits per heavy atom. The minimum Gasteiger partial charge on any atom is -0.726 e. The fraction of sp³-hybridized carbons (Fsp3) is 0.951. The lowest BCUT2D eigenvalue weighted by atomic mass is 9.41. The predicted octanol–water partition coefficient (Wildman–Crippen LogP) is -0.429. The molecule has 2 aliphatic heterocycles. The molecule has 2 saturated heterocycles. The van der Waals surface area contributed by atoms with Crippen molar-refractivity contribution in [3.8, 4) is 0 Å². The zero-order chi connectivity index (χ0) is 44.3. The zero-order valence-corrected chi connectivity index (χ0v) is 36.5. The molecule has 6 rings (SSSR count). The molecule has 6 fully saturated rings. The van der Waals surface area contributed by atoms with Crippen LogP contribution in [0.5, 0.6) is 0 Å². The first-order valence-electron chi connectivity index (χ1n) is 21.4. The van der Waals surface area contributed by atoms with E-state index in [-0.39, 0.29) is 49.7 Å². The predicted molar refractivity (Wildman–Crippen MR) is 208 cm³/mol. The quantitative estimate of drug-likeness (QED) is 0.0589. The van der Waals surface area contributed by atoms with E-state index in [4.69, 9.17) is 32.6 Å². The lowest BCUT2D eigenvalue weighted by molar-refractivity contribution is -0.310. The van der Waals surface area contributed by atoms with Gasteiger partial charge >= 0.3 is 0 Å². The largest absolute Gasteiger partial charge is 0.726 e. The van der Waals surface area contributed by atoms with Crippen LogP contribution >= 0.6 is 0 Å². The Hall–Kier alpha value is -0.950. The topological polar surface area (TPSA) is 284 Å². The normalized spacial score (nSPS) is 49.2. The lowest BCUT2D eigenvalue weighted by Gasteiger charge is -2.66. The van der Waals surface area contributed by atoms with E-state index in [0.717, 1.165) is 0 Å². The fourth-order valence-corrected chi connectivity index (χ4v) is 13.1. The number of ether oxygens (including phenoxy) is 6. The average Bonchev–Trinajstić information content (AvgIpc) is 3.64. The maximum atomic E-state index is 12.8. The summed E-state index contributed by atoms with van der Waals surface area (Å²) in [4.78, 5) is 0. The van der Waals surface area contributed by atoms with Gasteiger partial charge in [-0.25, -0.2) is 8.42 Å². The third kappa shape index (κ3) is 8.88. The molecular formula is C41H69O18S-. The molecule has 0 radical (unpaired) electrons. The maximum absolute atomic E-state index is 12.8. The van der Waals surface area contributed by atoms with Crippen molar-refractivity contribution in [2.75, 3.05) is 34.0 Å². The molecule has 19 heteroatoms. The molecule has 4 saturated carbocycles. The SMILES string of the molecule is COC1COC(OC2C(OC[C@@H](C)[C@H](C)/C=C/C(C)[C@H]3C[C@@H](O)C4[C@]5(O)CC(OS(=O)(=O)[O-])C6[C@@H](O)[C@@H](O)CC[C@]6(C)C5CC[C@@]43C)OC([C@H](O)CO)C2O)C(OC)C1O. The molecule has 60 heavy (non-hydrogen) atoms. The van der Waals surface area contributed by atoms with Gasteiger partial charge in [0.1, 0.15) is 42.7 Å². The van der Waals surface area contributed by atoms with E-state index in [1.54, 1.807) is 0 Å². The van der Waals surface area contributed by atoms with Gasteiger partial charge in [0, 0.05) is 32.5 Å². The minimum atomic E-state index is -5.24. The van der Waals surface area contributed by atoms with Crippen LogP contribution in [0.4, 0.5) is 0 Å². The minimum absolute atomic E-state index is 0.0125. The second kappa shape index (κ2) is 18.5. The van der Waals surface area contributed by atoms with Crippen LogP contribution in [0.1, 0.15) is 73.1 Å². The van der Waals surface area contributed by atoms with Crippen molar-refractivity contribution >= 4 is 10.4 Å². The smallest absolute Gasteiger partial charge is 0.217 e. The highest BCUT2D eigenvalue weighted by molar-refractivity contribution is 7.80. The first kappa shape index (κ1) is 48.5. The van der Waals surface area contributed by atoms with Crippen LogP contribution in [0.15, 0.2) is 12.2 Å². The third-order valence-corrected chi connectivity index (χ3v) is 16.4. The maximum Gasteiger partial charge on any atom is 0.217 e. The Labute approximate surface area is 353 Å². The molecule has 4 aliphatic carbocycles. The summed E-state index contributed by atoms with van der Waals surface area (Å²) in [6.45, 7) is 9.42. The van der Waals surface area contributed by atoms with E-state index in [0.29, 0.717) is 25.7 Å². The number of methoxy groups -OCH3 is 2. The first-order valence-corrected chi connectivity index (χ1v) is 22.7. The molecule has 6 aliphatic rings. The molecule has 0 aromatic carbocycles. The highest BCUT2D eigenvalue weighted by atomic mass is 32.3. The Morgan fingerprint density at radius 3 is 2.20 bits per heavy atom. The molecule has 18 nitrogen and oxygen atoms in total. The van der Waals surface area contributed by atoms with Gasteiger partial charge in [0.25, 0.3) is 0 Å². The Balaban J connectivity index is 1.13. The second-order valence-corrected chi connectivity index (χ2v) is 20.3. The highest BCUT2D eigenvalue weighted by Gasteiger charge is 2.72. The Bertz CT molecular complexity index is 1590. The lowest BCUT2D eigenvalue weighted by Crippen LogP contribution is -2.71. The van der Waals surface area contributed by atoms with Crippen molar-refractivity contribution in [2.24, 2.45) is 52.3 Å². The molecule has 0 spiro atoms. The number of aliphatic hydroxyl groups is 8. The zero-order valence-electron chi connectivity index (χ0n) is 35.6. The summed E-state index contributed by atoms with van der Waals surface area (Å²) in [5.74, 6) is -2.35. The van der Waals surface area contributed by atoms with E-state index in [1.165, 1.54) is 14.2 Å². The summed E-state index contributed by atoms with van der Waals surface area (Å²) in [6.07, 6.45) is -9.11. The van der Waals surface area contributed by atoms with Crippen molar-refractivity contribution in [1.29, 1.82) is 0 Å². The van der Waals surface area contributed by atoms with Gasteiger partial charge in [-0.2, -0.15) is 0 Å². The van der Waals surface area contributed by atoms with Crippen molar-refractivity contribution in [2.45, 2.75) is 158 Å². The van der Waals surface area contributed by atoms with Crippen molar-refractivity contribution in [1.82, 2.24) is 0 Å². The Morgan fingerprint density at radius 1 is 0.883 bits per heavy atom. The van der Waals surface area contributed by atoms with Gasteiger partial charge in [-0.3, -0.25) is 4.18 Å². The third-order valence-electron chi connectivity index (χ3n) is 15.9. The molecule has 2 heterocycles. The summed E-state index contributed by atoms with van der Waals surface area (Å²) in [5.41, 5.74) is -3.08. The molecular weight excluding hydrogens is 812 g/mol. The van der Waals surface area contributed by atoms with Gasteiger partial charge in [-0.1, -0.05) is 46.8 Å². The van der Waals surface area contributed by atoms with Crippen LogP contribution in [0, 0.1) is 52.3 Å². The molecule has 8 N–H and O–H groups in total. The van der Waals surface area contributed by atoms with Crippen LogP contribution in [0.2, 0.25) is 0 Å². The summed E-state index contributed by atoms with van der Waals surface area (Å²) in [7, 11) is -2.44. The van der Waals surface area contributed by atoms with E-state index in [9.17, 15) is 53.8 Å².